The maximum Gasteiger partial charge on any atom is 0.433 e. The molecule has 0 saturated carbocycles. The minimum absolute atomic E-state index is 0.154. The van der Waals surface area contributed by atoms with Crippen molar-refractivity contribution in [2.45, 2.75) is 13.1 Å². The van der Waals surface area contributed by atoms with Crippen LogP contribution in [-0.2, 0) is 6.18 Å². The van der Waals surface area contributed by atoms with Gasteiger partial charge in [0.15, 0.2) is 0 Å². The molecule has 2 aromatic carbocycles. The van der Waals surface area contributed by atoms with Crippen molar-refractivity contribution in [3.8, 4) is 22.4 Å². The zero-order valence-corrected chi connectivity index (χ0v) is 17.3. The van der Waals surface area contributed by atoms with Gasteiger partial charge in [0.25, 0.3) is 0 Å². The van der Waals surface area contributed by atoms with Crippen LogP contribution in [0.2, 0.25) is 0 Å². The maximum absolute atomic E-state index is 12.9. The summed E-state index contributed by atoms with van der Waals surface area (Å²) in [5, 5.41) is 12.2. The summed E-state index contributed by atoms with van der Waals surface area (Å²) < 4.78 is 38.8. The van der Waals surface area contributed by atoms with Gasteiger partial charge in [-0.1, -0.05) is 30.3 Å². The van der Waals surface area contributed by atoms with E-state index >= 15 is 0 Å². The zero-order chi connectivity index (χ0) is 23.6. The molecule has 0 amide bonds. The number of hydrogen-bond acceptors (Lipinski definition) is 5. The molecular weight excluding hydrogens is 433 g/mol. The summed E-state index contributed by atoms with van der Waals surface area (Å²) in [7, 11) is 0. The molecular formula is C24H17F3N4O2. The molecule has 0 atom stereocenters. The molecule has 0 aliphatic carbocycles. The van der Waals surface area contributed by atoms with E-state index in [0.717, 1.165) is 29.0 Å². The Hall–Kier alpha value is -4.27. The van der Waals surface area contributed by atoms with Crippen molar-refractivity contribution < 1.29 is 23.1 Å². The fourth-order valence-electron chi connectivity index (χ4n) is 3.34. The average Bonchev–Trinajstić information content (AvgIpc) is 2.78. The highest BCUT2D eigenvalue weighted by Crippen LogP contribution is 2.30. The van der Waals surface area contributed by atoms with Crippen LogP contribution in [0.3, 0.4) is 0 Å². The molecule has 166 valence electrons. The number of aromatic carboxylic acids is 1. The number of halogens is 3. The van der Waals surface area contributed by atoms with Gasteiger partial charge < -0.3 is 10.4 Å². The van der Waals surface area contributed by atoms with Gasteiger partial charge in [-0.15, -0.1) is 0 Å². The highest BCUT2D eigenvalue weighted by atomic mass is 19.4. The van der Waals surface area contributed by atoms with E-state index in [2.05, 4.69) is 20.3 Å². The Kier molecular flexibility index (Phi) is 5.78. The number of nitrogens with zero attached hydrogens (tertiary/aromatic N) is 3. The fraction of sp³-hybridized carbons (Fsp3) is 0.0833. The summed E-state index contributed by atoms with van der Waals surface area (Å²) in [4.78, 5) is 23.3. The molecule has 0 bridgehead atoms. The quantitative estimate of drug-likeness (QED) is 0.389. The van der Waals surface area contributed by atoms with Gasteiger partial charge in [-0.3, -0.25) is 4.98 Å². The summed E-state index contributed by atoms with van der Waals surface area (Å²) in [6.07, 6.45) is -1.90. The van der Waals surface area contributed by atoms with Crippen LogP contribution in [-0.4, -0.2) is 26.0 Å². The van der Waals surface area contributed by atoms with Gasteiger partial charge in [0.2, 0.25) is 5.95 Å². The minimum Gasteiger partial charge on any atom is -0.478 e. The molecule has 0 fully saturated rings. The second-order valence-electron chi connectivity index (χ2n) is 7.26. The lowest BCUT2D eigenvalue weighted by Gasteiger charge is -2.11. The van der Waals surface area contributed by atoms with Crippen LogP contribution in [0.4, 0.5) is 24.8 Å². The van der Waals surface area contributed by atoms with Crippen LogP contribution in [0.1, 0.15) is 21.6 Å². The molecule has 0 saturated heterocycles. The second-order valence-corrected chi connectivity index (χ2v) is 7.26. The number of aromatic nitrogens is 3. The highest BCUT2D eigenvalue weighted by Gasteiger charge is 2.32. The molecule has 0 radical (unpaired) electrons. The number of carboxylic acid groups (broad SMARTS) is 1. The molecule has 2 aromatic heterocycles. The lowest BCUT2D eigenvalue weighted by molar-refractivity contribution is -0.141. The van der Waals surface area contributed by atoms with Crippen LogP contribution < -0.4 is 5.32 Å². The van der Waals surface area contributed by atoms with Gasteiger partial charge in [-0.25, -0.2) is 14.8 Å². The van der Waals surface area contributed by atoms with Crippen molar-refractivity contribution in [2.75, 3.05) is 5.32 Å². The third-order valence-corrected chi connectivity index (χ3v) is 4.81. The second kappa shape index (κ2) is 8.70. The third kappa shape index (κ3) is 4.98. The molecule has 2 heterocycles. The average molecular weight is 450 g/mol. The van der Waals surface area contributed by atoms with Gasteiger partial charge in [0, 0.05) is 29.2 Å². The number of carbonyl (C=O) groups is 1. The van der Waals surface area contributed by atoms with E-state index in [1.165, 1.54) is 6.07 Å². The van der Waals surface area contributed by atoms with Crippen LogP contribution in [0, 0.1) is 6.92 Å². The van der Waals surface area contributed by atoms with Crippen LogP contribution in [0.15, 0.2) is 73.1 Å². The van der Waals surface area contributed by atoms with Crippen LogP contribution >= 0.6 is 0 Å². The van der Waals surface area contributed by atoms with Crippen molar-refractivity contribution >= 4 is 17.6 Å². The minimum atomic E-state index is -4.57. The normalized spacial score (nSPS) is 11.3. The predicted molar refractivity (Wildman–Crippen MR) is 117 cm³/mol. The lowest BCUT2D eigenvalue weighted by atomic mass is 10.0. The predicted octanol–water partition coefficient (Wildman–Crippen LogP) is 5.97. The molecule has 0 aliphatic rings. The van der Waals surface area contributed by atoms with E-state index < -0.39 is 17.8 Å². The van der Waals surface area contributed by atoms with Crippen LogP contribution in [0.25, 0.3) is 22.4 Å². The summed E-state index contributed by atoms with van der Waals surface area (Å²) in [6.45, 7) is 1.85. The van der Waals surface area contributed by atoms with Gasteiger partial charge in [0.05, 0.1) is 11.3 Å². The Morgan fingerprint density at radius 2 is 1.76 bits per heavy atom. The largest absolute Gasteiger partial charge is 0.478 e. The SMILES string of the molecule is Cc1cc(Nc2nccc(C(F)(F)F)n2)cc(-c2ccc(-c3ccccc3C(=O)O)nc2)c1. The first kappa shape index (κ1) is 21.9. The highest BCUT2D eigenvalue weighted by molar-refractivity contribution is 5.95. The smallest absolute Gasteiger partial charge is 0.433 e. The first-order valence-electron chi connectivity index (χ1n) is 9.79. The van der Waals surface area contributed by atoms with E-state index in [-0.39, 0.29) is 11.5 Å². The molecule has 0 spiro atoms. The van der Waals surface area contributed by atoms with E-state index in [1.807, 2.05) is 13.0 Å². The zero-order valence-electron chi connectivity index (χ0n) is 17.3. The monoisotopic (exact) mass is 450 g/mol. The van der Waals surface area contributed by atoms with Crippen molar-refractivity contribution in [3.05, 3.63) is 89.9 Å². The van der Waals surface area contributed by atoms with Crippen molar-refractivity contribution in [1.29, 1.82) is 0 Å². The number of carboxylic acids is 1. The Morgan fingerprint density at radius 3 is 2.45 bits per heavy atom. The molecule has 9 heteroatoms. The van der Waals surface area contributed by atoms with Crippen molar-refractivity contribution in [2.24, 2.45) is 0 Å². The maximum atomic E-state index is 12.9. The van der Waals surface area contributed by atoms with E-state index in [4.69, 9.17) is 0 Å². The topological polar surface area (TPSA) is 88.0 Å². The number of benzene rings is 2. The Bertz CT molecular complexity index is 1320. The van der Waals surface area contributed by atoms with E-state index in [9.17, 15) is 23.1 Å². The van der Waals surface area contributed by atoms with Gasteiger partial charge in [-0.2, -0.15) is 13.2 Å². The van der Waals surface area contributed by atoms with E-state index in [0.29, 0.717) is 16.9 Å². The summed E-state index contributed by atoms with van der Waals surface area (Å²) in [5.41, 5.74) is 3.05. The number of aryl methyl sites for hydroxylation is 1. The number of anilines is 2. The number of pyridine rings is 1. The van der Waals surface area contributed by atoms with Gasteiger partial charge in [0.1, 0.15) is 5.69 Å². The summed E-state index contributed by atoms with van der Waals surface area (Å²) in [5.74, 6) is -1.21. The Balaban J connectivity index is 1.63. The molecule has 2 N–H and O–H groups in total. The summed E-state index contributed by atoms with van der Waals surface area (Å²) in [6, 6.07) is 16.3. The molecule has 4 rings (SSSR count). The molecule has 0 unspecified atom stereocenters. The molecule has 6 nitrogen and oxygen atoms in total. The first-order chi connectivity index (χ1) is 15.7. The van der Waals surface area contributed by atoms with Crippen molar-refractivity contribution in [1.82, 2.24) is 15.0 Å². The lowest BCUT2D eigenvalue weighted by Crippen LogP contribution is -2.10. The standard InChI is InChI=1S/C24H17F3N4O2/c1-14-10-16(12-17(11-14)30-23-28-9-8-21(31-23)24(25,26)27)15-6-7-20(29-13-15)18-4-2-3-5-19(18)22(32)33/h2-13H,1H3,(H,32,33)(H,28,30,31). The number of nitrogens with one attached hydrogen (secondary N) is 1. The number of rotatable bonds is 5. The number of alkyl halides is 3. The Labute approximate surface area is 186 Å². The number of hydrogen-bond donors (Lipinski definition) is 2. The molecule has 33 heavy (non-hydrogen) atoms. The van der Waals surface area contributed by atoms with Crippen molar-refractivity contribution in [3.63, 3.8) is 0 Å². The Morgan fingerprint density at radius 1 is 0.970 bits per heavy atom. The van der Waals surface area contributed by atoms with E-state index in [1.54, 1.807) is 48.7 Å². The van der Waals surface area contributed by atoms with Crippen LogP contribution in [0.5, 0.6) is 0 Å². The molecule has 0 aliphatic heterocycles. The van der Waals surface area contributed by atoms with Gasteiger partial charge in [-0.05, 0) is 48.4 Å². The molecule has 4 aromatic rings. The fourth-order valence-corrected chi connectivity index (χ4v) is 3.34. The third-order valence-electron chi connectivity index (χ3n) is 4.81. The van der Waals surface area contributed by atoms with Gasteiger partial charge >= 0.3 is 12.1 Å². The summed E-state index contributed by atoms with van der Waals surface area (Å²) >= 11 is 0. The first-order valence-corrected chi connectivity index (χ1v) is 9.79.